The predicted molar refractivity (Wildman–Crippen MR) is 51.9 cm³/mol. The molecule has 1 heteroatoms. The van der Waals surface area contributed by atoms with Gasteiger partial charge in [-0.1, -0.05) is 6.92 Å². The Labute approximate surface area is 75.8 Å². The SMILES string of the molecule is CC1CC=C(OC(C)(C)C)CC1. The number of rotatable bonds is 1. The number of hydrogen-bond acceptors (Lipinski definition) is 1. The maximum Gasteiger partial charge on any atom is 0.100 e. The molecule has 0 heterocycles. The molecule has 0 bridgehead atoms. The second-order valence-corrected chi connectivity index (χ2v) is 4.76. The van der Waals surface area contributed by atoms with E-state index in [1.165, 1.54) is 18.6 Å². The number of hydrogen-bond donors (Lipinski definition) is 0. The Balaban J connectivity index is 2.44. The van der Waals surface area contributed by atoms with E-state index in [1.54, 1.807) is 0 Å². The van der Waals surface area contributed by atoms with E-state index < -0.39 is 0 Å². The van der Waals surface area contributed by atoms with Gasteiger partial charge in [0.05, 0.1) is 5.76 Å². The smallest absolute Gasteiger partial charge is 0.100 e. The average molecular weight is 168 g/mol. The van der Waals surface area contributed by atoms with Crippen molar-refractivity contribution in [2.24, 2.45) is 5.92 Å². The molecule has 0 saturated heterocycles. The number of allylic oxidation sites excluding steroid dienone is 2. The fraction of sp³-hybridized carbons (Fsp3) is 0.818. The van der Waals surface area contributed by atoms with Crippen molar-refractivity contribution in [3.63, 3.8) is 0 Å². The molecule has 0 aromatic heterocycles. The van der Waals surface area contributed by atoms with Crippen LogP contribution in [0, 0.1) is 5.92 Å². The first-order valence-electron chi connectivity index (χ1n) is 4.85. The Morgan fingerprint density at radius 1 is 1.42 bits per heavy atom. The summed E-state index contributed by atoms with van der Waals surface area (Å²) < 4.78 is 5.79. The van der Waals surface area contributed by atoms with Crippen LogP contribution in [-0.4, -0.2) is 5.60 Å². The first-order valence-corrected chi connectivity index (χ1v) is 4.85. The predicted octanol–water partition coefficient (Wildman–Crippen LogP) is 3.51. The van der Waals surface area contributed by atoms with Crippen LogP contribution in [0.1, 0.15) is 47.0 Å². The Bertz CT molecular complexity index is 174. The molecule has 1 aliphatic rings. The summed E-state index contributed by atoms with van der Waals surface area (Å²) in [6.07, 6.45) is 5.84. The summed E-state index contributed by atoms with van der Waals surface area (Å²) in [5.74, 6) is 2.04. The van der Waals surface area contributed by atoms with Gasteiger partial charge in [-0.15, -0.1) is 0 Å². The van der Waals surface area contributed by atoms with E-state index in [9.17, 15) is 0 Å². The normalized spacial score (nSPS) is 25.0. The third-order valence-electron chi connectivity index (χ3n) is 2.07. The van der Waals surface area contributed by atoms with Gasteiger partial charge in [-0.25, -0.2) is 0 Å². The van der Waals surface area contributed by atoms with Crippen LogP contribution in [0.3, 0.4) is 0 Å². The first-order chi connectivity index (χ1) is 5.47. The van der Waals surface area contributed by atoms with Crippen LogP contribution in [0.4, 0.5) is 0 Å². The molecule has 1 aliphatic carbocycles. The lowest BCUT2D eigenvalue weighted by molar-refractivity contribution is 0.0421. The molecule has 0 N–H and O–H groups in total. The highest BCUT2D eigenvalue weighted by molar-refractivity contribution is 4.99. The second kappa shape index (κ2) is 3.51. The summed E-state index contributed by atoms with van der Waals surface area (Å²) in [7, 11) is 0. The van der Waals surface area contributed by atoms with Gasteiger partial charge in [0, 0.05) is 6.42 Å². The Hall–Kier alpha value is -0.460. The maximum atomic E-state index is 5.79. The Morgan fingerprint density at radius 2 is 2.08 bits per heavy atom. The van der Waals surface area contributed by atoms with Crippen molar-refractivity contribution in [2.45, 2.75) is 52.6 Å². The zero-order valence-electron chi connectivity index (χ0n) is 8.68. The molecule has 0 spiro atoms. The third-order valence-corrected chi connectivity index (χ3v) is 2.07. The zero-order valence-corrected chi connectivity index (χ0v) is 8.68. The molecular weight excluding hydrogens is 148 g/mol. The van der Waals surface area contributed by atoms with E-state index >= 15 is 0 Å². The third kappa shape index (κ3) is 3.29. The minimum Gasteiger partial charge on any atom is -0.493 e. The molecule has 12 heavy (non-hydrogen) atoms. The number of ether oxygens (including phenoxy) is 1. The lowest BCUT2D eigenvalue weighted by Gasteiger charge is -2.26. The van der Waals surface area contributed by atoms with Crippen molar-refractivity contribution in [2.75, 3.05) is 0 Å². The standard InChI is InChI=1S/C11H20O/c1-9-5-7-10(8-6-9)12-11(2,3)4/h7,9H,5-6,8H2,1-4H3. The molecule has 0 saturated carbocycles. The van der Waals surface area contributed by atoms with E-state index in [0.29, 0.717) is 0 Å². The molecule has 0 radical (unpaired) electrons. The fourth-order valence-electron chi connectivity index (χ4n) is 1.43. The quantitative estimate of drug-likeness (QED) is 0.582. The summed E-state index contributed by atoms with van der Waals surface area (Å²) in [5, 5.41) is 0. The summed E-state index contributed by atoms with van der Waals surface area (Å²) >= 11 is 0. The molecule has 0 aromatic rings. The molecule has 1 rings (SSSR count). The van der Waals surface area contributed by atoms with Crippen molar-refractivity contribution in [1.29, 1.82) is 0 Å². The second-order valence-electron chi connectivity index (χ2n) is 4.76. The van der Waals surface area contributed by atoms with Gasteiger partial charge in [0.15, 0.2) is 0 Å². The summed E-state index contributed by atoms with van der Waals surface area (Å²) in [6, 6.07) is 0. The van der Waals surface area contributed by atoms with Crippen molar-refractivity contribution in [3.05, 3.63) is 11.8 Å². The van der Waals surface area contributed by atoms with Crippen LogP contribution in [0.25, 0.3) is 0 Å². The van der Waals surface area contributed by atoms with Crippen LogP contribution in [0.2, 0.25) is 0 Å². The van der Waals surface area contributed by atoms with E-state index in [0.717, 1.165) is 12.3 Å². The van der Waals surface area contributed by atoms with E-state index in [2.05, 4.69) is 33.8 Å². The highest BCUT2D eigenvalue weighted by Crippen LogP contribution is 2.26. The zero-order chi connectivity index (χ0) is 9.19. The molecule has 1 unspecified atom stereocenters. The summed E-state index contributed by atoms with van der Waals surface area (Å²) in [4.78, 5) is 0. The minimum atomic E-state index is -0.0214. The van der Waals surface area contributed by atoms with Crippen LogP contribution in [0.15, 0.2) is 11.8 Å². The first kappa shape index (κ1) is 9.63. The van der Waals surface area contributed by atoms with Crippen LogP contribution in [0.5, 0.6) is 0 Å². The fourth-order valence-corrected chi connectivity index (χ4v) is 1.43. The van der Waals surface area contributed by atoms with Gasteiger partial charge in [0.25, 0.3) is 0 Å². The monoisotopic (exact) mass is 168 g/mol. The van der Waals surface area contributed by atoms with E-state index in [4.69, 9.17) is 4.74 Å². The highest BCUT2D eigenvalue weighted by atomic mass is 16.5. The summed E-state index contributed by atoms with van der Waals surface area (Å²) in [6.45, 7) is 8.61. The Kier molecular flexibility index (Phi) is 2.81. The van der Waals surface area contributed by atoms with Crippen molar-refractivity contribution >= 4 is 0 Å². The highest BCUT2D eigenvalue weighted by Gasteiger charge is 2.16. The molecule has 1 nitrogen and oxygen atoms in total. The van der Waals surface area contributed by atoms with Gasteiger partial charge in [-0.3, -0.25) is 0 Å². The van der Waals surface area contributed by atoms with Crippen LogP contribution in [-0.2, 0) is 4.74 Å². The molecule has 0 aromatic carbocycles. The van der Waals surface area contributed by atoms with Gasteiger partial charge in [-0.2, -0.15) is 0 Å². The van der Waals surface area contributed by atoms with Gasteiger partial charge in [0.2, 0.25) is 0 Å². The largest absolute Gasteiger partial charge is 0.493 e. The minimum absolute atomic E-state index is 0.0214. The van der Waals surface area contributed by atoms with Gasteiger partial charge < -0.3 is 4.74 Å². The Morgan fingerprint density at radius 3 is 2.50 bits per heavy atom. The van der Waals surface area contributed by atoms with Gasteiger partial charge in [-0.05, 0) is 45.6 Å². The lowest BCUT2D eigenvalue weighted by atomic mass is 9.95. The maximum absolute atomic E-state index is 5.79. The van der Waals surface area contributed by atoms with E-state index in [-0.39, 0.29) is 5.60 Å². The summed E-state index contributed by atoms with van der Waals surface area (Å²) in [5.41, 5.74) is -0.0214. The van der Waals surface area contributed by atoms with Crippen LogP contribution < -0.4 is 0 Å². The van der Waals surface area contributed by atoms with Gasteiger partial charge in [0.1, 0.15) is 5.60 Å². The molecule has 70 valence electrons. The molecular formula is C11H20O. The lowest BCUT2D eigenvalue weighted by Crippen LogP contribution is -2.20. The van der Waals surface area contributed by atoms with Crippen molar-refractivity contribution in [1.82, 2.24) is 0 Å². The van der Waals surface area contributed by atoms with Crippen molar-refractivity contribution in [3.8, 4) is 0 Å². The molecule has 1 atom stereocenters. The molecule has 0 aliphatic heterocycles. The van der Waals surface area contributed by atoms with Crippen molar-refractivity contribution < 1.29 is 4.74 Å². The average Bonchev–Trinajstić information content (AvgIpc) is 1.91. The molecule has 0 amide bonds. The van der Waals surface area contributed by atoms with E-state index in [1.807, 2.05) is 0 Å². The van der Waals surface area contributed by atoms with Gasteiger partial charge >= 0.3 is 0 Å². The van der Waals surface area contributed by atoms with Crippen LogP contribution >= 0.6 is 0 Å². The topological polar surface area (TPSA) is 9.23 Å². The molecule has 0 fully saturated rings.